The summed E-state index contributed by atoms with van der Waals surface area (Å²) in [6, 6.07) is 14.5. The number of hydrogen-bond acceptors (Lipinski definition) is 5. The van der Waals surface area contributed by atoms with Crippen LogP contribution in [0, 0.1) is 5.92 Å². The number of benzene rings is 2. The van der Waals surface area contributed by atoms with E-state index >= 15 is 0 Å². The molecule has 0 aliphatic carbocycles. The smallest absolute Gasteiger partial charge is 0.261 e. The van der Waals surface area contributed by atoms with E-state index in [1.54, 1.807) is 37.3 Å². The summed E-state index contributed by atoms with van der Waals surface area (Å²) in [6.07, 6.45) is 1.16. The van der Waals surface area contributed by atoms with Gasteiger partial charge in [-0.1, -0.05) is 51.1 Å². The maximum atomic E-state index is 13.2. The highest BCUT2D eigenvalue weighted by Gasteiger charge is 2.28. The molecule has 0 bridgehead atoms. The fourth-order valence-corrected chi connectivity index (χ4v) is 3.41. The fourth-order valence-electron chi connectivity index (χ4n) is 3.41. The second-order valence-electron chi connectivity index (χ2n) is 8.22. The highest BCUT2D eigenvalue weighted by atomic mass is 16.5. The average Bonchev–Trinajstić information content (AvgIpc) is 2.83. The third-order valence-corrected chi connectivity index (χ3v) is 5.24. The van der Waals surface area contributed by atoms with Gasteiger partial charge < -0.3 is 24.4 Å². The Morgan fingerprint density at radius 2 is 1.58 bits per heavy atom. The predicted molar refractivity (Wildman–Crippen MR) is 129 cm³/mol. The predicted octanol–water partition coefficient (Wildman–Crippen LogP) is 3.70. The molecule has 1 N–H and O–H groups in total. The van der Waals surface area contributed by atoms with E-state index in [1.807, 2.05) is 51.1 Å². The van der Waals surface area contributed by atoms with Crippen LogP contribution in [0.25, 0.3) is 0 Å². The molecule has 0 spiro atoms. The second kappa shape index (κ2) is 13.4. The maximum Gasteiger partial charge on any atom is 0.261 e. The van der Waals surface area contributed by atoms with Crippen LogP contribution in [0.4, 0.5) is 0 Å². The molecule has 33 heavy (non-hydrogen) atoms. The van der Waals surface area contributed by atoms with Crippen LogP contribution in [0.1, 0.15) is 32.8 Å². The summed E-state index contributed by atoms with van der Waals surface area (Å²) in [6.45, 7) is 6.78. The van der Waals surface area contributed by atoms with Gasteiger partial charge in [0.2, 0.25) is 5.91 Å². The number of nitrogens with zero attached hydrogens (tertiary/aromatic N) is 1. The van der Waals surface area contributed by atoms with Crippen molar-refractivity contribution in [3.8, 4) is 17.2 Å². The van der Waals surface area contributed by atoms with Gasteiger partial charge in [-0.15, -0.1) is 0 Å². The summed E-state index contributed by atoms with van der Waals surface area (Å²) in [5.74, 6) is 1.52. The highest BCUT2D eigenvalue weighted by Crippen LogP contribution is 2.27. The van der Waals surface area contributed by atoms with Crippen LogP contribution in [0.15, 0.2) is 48.5 Å². The first-order valence-corrected chi connectivity index (χ1v) is 11.3. The summed E-state index contributed by atoms with van der Waals surface area (Å²) in [5.41, 5.74) is 1.10. The topological polar surface area (TPSA) is 77.1 Å². The standard InChI is InChI=1S/C26H36N2O5/c1-6-24(26(30)27-17-19(2)3)28(13-12-20-10-8-7-9-11-20)25(29)18-33-23-15-21(31-4)14-22(16-23)32-5/h7-11,14-16,19,24H,6,12-13,17-18H2,1-5H3,(H,27,30). The zero-order chi connectivity index (χ0) is 24.2. The van der Waals surface area contributed by atoms with E-state index in [0.717, 1.165) is 5.56 Å². The lowest BCUT2D eigenvalue weighted by Gasteiger charge is -2.30. The molecule has 1 atom stereocenters. The van der Waals surface area contributed by atoms with Gasteiger partial charge in [-0.3, -0.25) is 9.59 Å². The molecular formula is C26H36N2O5. The van der Waals surface area contributed by atoms with Gasteiger partial charge in [0.25, 0.3) is 5.91 Å². The minimum Gasteiger partial charge on any atom is -0.496 e. The van der Waals surface area contributed by atoms with Crippen molar-refractivity contribution in [2.75, 3.05) is 33.9 Å². The van der Waals surface area contributed by atoms with Crippen molar-refractivity contribution < 1.29 is 23.8 Å². The molecule has 2 aromatic carbocycles. The first kappa shape index (κ1) is 26.0. The lowest BCUT2D eigenvalue weighted by Crippen LogP contribution is -2.51. The van der Waals surface area contributed by atoms with Gasteiger partial charge in [0.1, 0.15) is 23.3 Å². The Morgan fingerprint density at radius 1 is 0.970 bits per heavy atom. The lowest BCUT2D eigenvalue weighted by molar-refractivity contribution is -0.142. The second-order valence-corrected chi connectivity index (χ2v) is 8.22. The quantitative estimate of drug-likeness (QED) is 0.497. The van der Waals surface area contributed by atoms with Crippen LogP contribution in [0.2, 0.25) is 0 Å². The van der Waals surface area contributed by atoms with Crippen molar-refractivity contribution in [1.82, 2.24) is 10.2 Å². The Hall–Kier alpha value is -3.22. The SMILES string of the molecule is CCC(C(=O)NCC(C)C)N(CCc1ccccc1)C(=O)COc1cc(OC)cc(OC)c1. The molecule has 7 heteroatoms. The Morgan fingerprint density at radius 3 is 2.12 bits per heavy atom. The van der Waals surface area contributed by atoms with Crippen LogP contribution in [0.3, 0.4) is 0 Å². The van der Waals surface area contributed by atoms with Crippen LogP contribution >= 0.6 is 0 Å². The minimum absolute atomic E-state index is 0.143. The summed E-state index contributed by atoms with van der Waals surface area (Å²) >= 11 is 0. The fraction of sp³-hybridized carbons (Fsp3) is 0.462. The lowest BCUT2D eigenvalue weighted by atomic mass is 10.1. The first-order chi connectivity index (χ1) is 15.9. The number of methoxy groups -OCH3 is 2. The molecule has 2 rings (SSSR count). The van der Waals surface area contributed by atoms with E-state index in [2.05, 4.69) is 5.32 Å². The van der Waals surface area contributed by atoms with Gasteiger partial charge in [-0.05, 0) is 24.3 Å². The van der Waals surface area contributed by atoms with Gasteiger partial charge >= 0.3 is 0 Å². The van der Waals surface area contributed by atoms with E-state index < -0.39 is 6.04 Å². The third-order valence-electron chi connectivity index (χ3n) is 5.24. The van der Waals surface area contributed by atoms with Crippen LogP contribution in [-0.4, -0.2) is 56.7 Å². The molecule has 0 heterocycles. The normalized spacial score (nSPS) is 11.6. The summed E-state index contributed by atoms with van der Waals surface area (Å²) < 4.78 is 16.3. The largest absolute Gasteiger partial charge is 0.496 e. The highest BCUT2D eigenvalue weighted by molar-refractivity contribution is 5.88. The summed E-state index contributed by atoms with van der Waals surface area (Å²) in [7, 11) is 3.10. The molecule has 0 aromatic heterocycles. The van der Waals surface area contributed by atoms with Crippen LogP contribution in [0.5, 0.6) is 17.2 Å². The number of nitrogens with one attached hydrogen (secondary N) is 1. The van der Waals surface area contributed by atoms with Gasteiger partial charge in [0.05, 0.1) is 14.2 Å². The van der Waals surface area contributed by atoms with Crippen molar-refractivity contribution in [3.05, 3.63) is 54.1 Å². The summed E-state index contributed by atoms with van der Waals surface area (Å²) in [5, 5.41) is 2.96. The zero-order valence-electron chi connectivity index (χ0n) is 20.3. The molecule has 0 saturated carbocycles. The molecule has 2 aromatic rings. The zero-order valence-corrected chi connectivity index (χ0v) is 20.3. The van der Waals surface area contributed by atoms with Gasteiger partial charge in [0, 0.05) is 31.3 Å². The first-order valence-electron chi connectivity index (χ1n) is 11.3. The number of amides is 2. The molecule has 7 nitrogen and oxygen atoms in total. The Kier molecular flexibility index (Phi) is 10.5. The van der Waals surface area contributed by atoms with E-state index in [9.17, 15) is 9.59 Å². The van der Waals surface area contributed by atoms with Crippen LogP contribution < -0.4 is 19.5 Å². The molecule has 0 aliphatic heterocycles. The average molecular weight is 457 g/mol. The molecule has 1 unspecified atom stereocenters. The van der Waals surface area contributed by atoms with Crippen molar-refractivity contribution in [2.45, 2.75) is 39.7 Å². The van der Waals surface area contributed by atoms with Crippen molar-refractivity contribution >= 4 is 11.8 Å². The number of carbonyl (C=O) groups excluding carboxylic acids is 2. The van der Waals surface area contributed by atoms with Gasteiger partial charge in [-0.25, -0.2) is 0 Å². The molecule has 2 amide bonds. The van der Waals surface area contributed by atoms with Crippen molar-refractivity contribution in [3.63, 3.8) is 0 Å². The number of ether oxygens (including phenoxy) is 3. The number of carbonyl (C=O) groups is 2. The monoisotopic (exact) mass is 456 g/mol. The molecule has 0 fully saturated rings. The van der Waals surface area contributed by atoms with Gasteiger partial charge in [-0.2, -0.15) is 0 Å². The van der Waals surface area contributed by atoms with Crippen molar-refractivity contribution in [1.29, 1.82) is 0 Å². The van der Waals surface area contributed by atoms with E-state index in [1.165, 1.54) is 0 Å². The Balaban J connectivity index is 2.16. The Bertz CT molecular complexity index is 863. The maximum absolute atomic E-state index is 13.2. The third kappa shape index (κ3) is 8.33. The van der Waals surface area contributed by atoms with Crippen LogP contribution in [-0.2, 0) is 16.0 Å². The van der Waals surface area contributed by atoms with Gasteiger partial charge in [0.15, 0.2) is 6.61 Å². The minimum atomic E-state index is -0.566. The van der Waals surface area contributed by atoms with Crippen molar-refractivity contribution in [2.24, 2.45) is 5.92 Å². The molecule has 0 saturated heterocycles. The molecular weight excluding hydrogens is 420 g/mol. The molecule has 0 aliphatic rings. The summed E-state index contributed by atoms with van der Waals surface area (Å²) in [4.78, 5) is 27.8. The Labute approximate surface area is 197 Å². The van der Waals surface area contributed by atoms with E-state index in [0.29, 0.717) is 49.1 Å². The van der Waals surface area contributed by atoms with E-state index in [-0.39, 0.29) is 18.4 Å². The number of rotatable bonds is 13. The number of hydrogen-bond donors (Lipinski definition) is 1. The molecule has 180 valence electrons. The van der Waals surface area contributed by atoms with E-state index in [4.69, 9.17) is 14.2 Å². The molecule has 0 radical (unpaired) electrons.